The summed E-state index contributed by atoms with van der Waals surface area (Å²) < 4.78 is 4.71. The van der Waals surface area contributed by atoms with Crippen LogP contribution in [0.25, 0.3) is 0 Å². The SMILES string of the molecule is COC(=O)[C@@]1(O)C(=O)C(C)=C2CCCC(=O)N3CCC[C@]231. The number of carbonyl (C=O) groups excluding carboxylic acids is 3. The maximum absolute atomic E-state index is 12.6. The summed E-state index contributed by atoms with van der Waals surface area (Å²) in [4.78, 5) is 38.8. The number of nitrogens with zero attached hydrogens (tertiary/aromatic N) is 1. The molecule has 0 bridgehead atoms. The van der Waals surface area contributed by atoms with Crippen molar-refractivity contribution in [3.05, 3.63) is 11.1 Å². The molecule has 0 saturated carbocycles. The van der Waals surface area contributed by atoms with Crippen LogP contribution in [0.1, 0.15) is 39.0 Å². The zero-order valence-electron chi connectivity index (χ0n) is 12.3. The molecule has 0 aromatic heterocycles. The normalized spacial score (nSPS) is 35.7. The number of Topliss-reactive ketones (excluding diaryl/α,β-unsaturated/α-hetero) is 1. The van der Waals surface area contributed by atoms with Gasteiger partial charge in [0.25, 0.3) is 5.60 Å². The van der Waals surface area contributed by atoms with Crippen LogP contribution >= 0.6 is 0 Å². The lowest BCUT2D eigenvalue weighted by Crippen LogP contribution is -2.67. The standard InChI is InChI=1S/C15H19NO5/c1-9-10-5-3-6-11(17)16-8-4-7-14(10,16)15(20,12(9)18)13(19)21-2/h20H,3-8H2,1-2H3/t14-,15+/m1/s1. The third-order valence-corrected chi connectivity index (χ3v) is 5.20. The Labute approximate surface area is 122 Å². The van der Waals surface area contributed by atoms with Gasteiger partial charge in [0.15, 0.2) is 0 Å². The highest BCUT2D eigenvalue weighted by molar-refractivity contribution is 6.20. The van der Waals surface area contributed by atoms with Crippen molar-refractivity contribution >= 4 is 17.7 Å². The van der Waals surface area contributed by atoms with E-state index >= 15 is 0 Å². The molecule has 1 amide bonds. The van der Waals surface area contributed by atoms with Crippen LogP contribution < -0.4 is 0 Å². The van der Waals surface area contributed by atoms with Gasteiger partial charge < -0.3 is 14.7 Å². The molecule has 1 aliphatic carbocycles. The number of ketones is 1. The van der Waals surface area contributed by atoms with Crippen molar-refractivity contribution in [1.29, 1.82) is 0 Å². The number of esters is 1. The molecule has 2 atom stereocenters. The average Bonchev–Trinajstić information content (AvgIpc) is 2.94. The molecular weight excluding hydrogens is 274 g/mol. The molecule has 6 nitrogen and oxygen atoms in total. The second-order valence-corrected chi connectivity index (χ2v) is 6.00. The molecule has 2 heterocycles. The first-order chi connectivity index (χ1) is 9.91. The smallest absolute Gasteiger partial charge is 0.349 e. The summed E-state index contributed by atoms with van der Waals surface area (Å²) in [6.07, 6.45) is 2.65. The number of hydrogen-bond acceptors (Lipinski definition) is 5. The van der Waals surface area contributed by atoms with Crippen molar-refractivity contribution in [3.8, 4) is 0 Å². The quantitative estimate of drug-likeness (QED) is 0.556. The second-order valence-electron chi connectivity index (χ2n) is 6.00. The molecule has 0 aromatic carbocycles. The van der Waals surface area contributed by atoms with Gasteiger partial charge in [-0.15, -0.1) is 0 Å². The van der Waals surface area contributed by atoms with Crippen molar-refractivity contribution in [2.45, 2.75) is 50.2 Å². The summed E-state index contributed by atoms with van der Waals surface area (Å²) in [6, 6.07) is 0. The van der Waals surface area contributed by atoms with Crippen LogP contribution in [0, 0.1) is 0 Å². The fourth-order valence-electron chi connectivity index (χ4n) is 4.33. The molecule has 3 aliphatic rings. The van der Waals surface area contributed by atoms with Crippen LogP contribution in [0.5, 0.6) is 0 Å². The molecular formula is C15H19NO5. The summed E-state index contributed by atoms with van der Waals surface area (Å²) in [5, 5.41) is 11.0. The van der Waals surface area contributed by atoms with Crippen LogP contribution in [-0.2, 0) is 19.1 Å². The Hall–Kier alpha value is -1.69. The lowest BCUT2D eigenvalue weighted by Gasteiger charge is -2.43. The summed E-state index contributed by atoms with van der Waals surface area (Å²) in [7, 11) is 1.15. The summed E-state index contributed by atoms with van der Waals surface area (Å²) >= 11 is 0. The van der Waals surface area contributed by atoms with E-state index in [1.807, 2.05) is 0 Å². The van der Waals surface area contributed by atoms with Gasteiger partial charge in [-0.1, -0.05) is 0 Å². The predicted octanol–water partition coefficient (Wildman–Crippen LogP) is 0.335. The van der Waals surface area contributed by atoms with E-state index in [0.717, 1.165) is 12.7 Å². The van der Waals surface area contributed by atoms with Crippen LogP contribution in [0.3, 0.4) is 0 Å². The molecule has 1 N–H and O–H groups in total. The monoisotopic (exact) mass is 293 g/mol. The van der Waals surface area contributed by atoms with Gasteiger partial charge in [0.05, 0.1) is 7.11 Å². The zero-order chi connectivity index (χ0) is 15.4. The average molecular weight is 293 g/mol. The van der Waals surface area contributed by atoms with Gasteiger partial charge in [-0.05, 0) is 43.8 Å². The van der Waals surface area contributed by atoms with Crippen molar-refractivity contribution in [2.75, 3.05) is 13.7 Å². The minimum atomic E-state index is -2.29. The summed E-state index contributed by atoms with van der Waals surface area (Å²) in [5.41, 5.74) is -2.37. The highest BCUT2D eigenvalue weighted by Crippen LogP contribution is 2.54. The van der Waals surface area contributed by atoms with E-state index in [9.17, 15) is 19.5 Å². The second kappa shape index (κ2) is 4.40. The highest BCUT2D eigenvalue weighted by Gasteiger charge is 2.72. The molecule has 0 aromatic rings. The summed E-state index contributed by atoms with van der Waals surface area (Å²) in [6.45, 7) is 2.09. The molecule has 2 saturated heterocycles. The van der Waals surface area contributed by atoms with Crippen LogP contribution in [0.2, 0.25) is 0 Å². The topological polar surface area (TPSA) is 83.9 Å². The van der Waals surface area contributed by atoms with E-state index < -0.39 is 22.9 Å². The number of amides is 1. The Morgan fingerprint density at radius 1 is 1.29 bits per heavy atom. The molecule has 0 radical (unpaired) electrons. The number of aliphatic hydroxyl groups is 1. The largest absolute Gasteiger partial charge is 0.466 e. The molecule has 3 rings (SSSR count). The van der Waals surface area contributed by atoms with E-state index in [0.29, 0.717) is 44.2 Å². The Morgan fingerprint density at radius 3 is 2.67 bits per heavy atom. The Balaban J connectivity index is 2.28. The third-order valence-electron chi connectivity index (χ3n) is 5.20. The van der Waals surface area contributed by atoms with E-state index in [4.69, 9.17) is 4.74 Å². The molecule has 0 unspecified atom stereocenters. The van der Waals surface area contributed by atoms with Gasteiger partial charge in [0.2, 0.25) is 11.7 Å². The maximum atomic E-state index is 12.6. The van der Waals surface area contributed by atoms with Gasteiger partial charge in [0, 0.05) is 13.0 Å². The first kappa shape index (κ1) is 14.3. The van der Waals surface area contributed by atoms with Crippen molar-refractivity contribution in [2.24, 2.45) is 0 Å². The van der Waals surface area contributed by atoms with E-state index in [1.54, 1.807) is 11.8 Å². The van der Waals surface area contributed by atoms with Gasteiger partial charge in [0.1, 0.15) is 5.54 Å². The number of hydrogen-bond donors (Lipinski definition) is 1. The number of methoxy groups -OCH3 is 1. The Morgan fingerprint density at radius 2 is 2.00 bits per heavy atom. The Kier molecular flexibility index (Phi) is 2.99. The molecule has 114 valence electrons. The van der Waals surface area contributed by atoms with Crippen molar-refractivity contribution in [3.63, 3.8) is 0 Å². The van der Waals surface area contributed by atoms with Gasteiger partial charge in [-0.2, -0.15) is 0 Å². The molecule has 2 fully saturated rings. The van der Waals surface area contributed by atoms with Crippen LogP contribution in [0.4, 0.5) is 0 Å². The molecule has 2 aliphatic heterocycles. The zero-order valence-corrected chi connectivity index (χ0v) is 12.3. The number of carbonyl (C=O) groups is 3. The van der Waals surface area contributed by atoms with E-state index in [2.05, 4.69) is 0 Å². The van der Waals surface area contributed by atoms with Gasteiger partial charge in [-0.3, -0.25) is 9.59 Å². The fourth-order valence-corrected chi connectivity index (χ4v) is 4.33. The van der Waals surface area contributed by atoms with Crippen LogP contribution in [-0.4, -0.2) is 52.5 Å². The Bertz CT molecular complexity index is 581. The van der Waals surface area contributed by atoms with E-state index in [-0.39, 0.29) is 5.91 Å². The molecule has 6 heteroatoms. The minimum Gasteiger partial charge on any atom is -0.466 e. The maximum Gasteiger partial charge on any atom is 0.349 e. The fraction of sp³-hybridized carbons (Fsp3) is 0.667. The first-order valence-corrected chi connectivity index (χ1v) is 7.27. The minimum absolute atomic E-state index is 0.104. The predicted molar refractivity (Wildman–Crippen MR) is 72.2 cm³/mol. The molecule has 1 spiro atoms. The lowest BCUT2D eigenvalue weighted by molar-refractivity contribution is -0.179. The van der Waals surface area contributed by atoms with E-state index in [1.165, 1.54) is 0 Å². The summed E-state index contributed by atoms with van der Waals surface area (Å²) in [5.74, 6) is -1.69. The lowest BCUT2D eigenvalue weighted by atomic mass is 9.75. The first-order valence-electron chi connectivity index (χ1n) is 7.27. The van der Waals surface area contributed by atoms with Gasteiger partial charge in [-0.25, -0.2) is 4.79 Å². The number of rotatable bonds is 1. The molecule has 21 heavy (non-hydrogen) atoms. The third kappa shape index (κ3) is 1.43. The number of ether oxygens (including phenoxy) is 1. The van der Waals surface area contributed by atoms with Gasteiger partial charge >= 0.3 is 5.97 Å². The van der Waals surface area contributed by atoms with Crippen molar-refractivity contribution < 1.29 is 24.2 Å². The van der Waals surface area contributed by atoms with Crippen LogP contribution in [0.15, 0.2) is 11.1 Å². The highest BCUT2D eigenvalue weighted by atomic mass is 16.5. The van der Waals surface area contributed by atoms with Crippen molar-refractivity contribution in [1.82, 2.24) is 4.90 Å².